The number of ether oxygens (including phenoxy) is 1. The molecule has 1 N–H and O–H groups in total. The molecule has 0 saturated heterocycles. The van der Waals surface area contributed by atoms with Crippen LogP contribution in [-0.2, 0) is 9.53 Å². The molecule has 0 aromatic rings. The molecule has 0 heterocycles. The molecule has 0 aliphatic rings. The molecule has 0 aliphatic heterocycles. The molecule has 3 heteroatoms. The van der Waals surface area contributed by atoms with Crippen LogP contribution in [0.5, 0.6) is 0 Å². The van der Waals surface area contributed by atoms with E-state index >= 15 is 0 Å². The van der Waals surface area contributed by atoms with Crippen LogP contribution in [0.2, 0.25) is 0 Å². The fraction of sp³-hybridized carbons (Fsp3) is 0.700. The second kappa shape index (κ2) is 7.63. The maximum absolute atomic E-state index is 10.2. The van der Waals surface area contributed by atoms with Crippen molar-refractivity contribution in [2.45, 2.75) is 39.2 Å². The van der Waals surface area contributed by atoms with E-state index in [1.54, 1.807) is 0 Å². The number of rotatable bonds is 5. The first-order chi connectivity index (χ1) is 6.20. The van der Waals surface area contributed by atoms with Crippen LogP contribution in [0.25, 0.3) is 0 Å². The van der Waals surface area contributed by atoms with Crippen molar-refractivity contribution in [2.75, 3.05) is 6.61 Å². The fourth-order valence-corrected chi connectivity index (χ4v) is 0.744. The van der Waals surface area contributed by atoms with Gasteiger partial charge >= 0.3 is 5.97 Å². The average Bonchev–Trinajstić information content (AvgIpc) is 2.10. The van der Waals surface area contributed by atoms with Crippen LogP contribution in [-0.4, -0.2) is 23.8 Å². The number of hydrogen-bond donors (Lipinski definition) is 1. The van der Waals surface area contributed by atoms with Crippen molar-refractivity contribution in [3.05, 3.63) is 0 Å². The molecule has 0 saturated carbocycles. The van der Waals surface area contributed by atoms with Crippen LogP contribution in [0, 0.1) is 11.8 Å². The van der Waals surface area contributed by atoms with Gasteiger partial charge in [0.1, 0.15) is 12.7 Å². The minimum Gasteiger partial charge on any atom is -0.480 e. The lowest BCUT2D eigenvalue weighted by Gasteiger charge is -2.06. The summed E-state index contributed by atoms with van der Waals surface area (Å²) in [5.74, 6) is 4.88. The fourth-order valence-electron chi connectivity index (χ4n) is 0.744. The number of carbonyl (C=O) groups is 1. The third-order valence-corrected chi connectivity index (χ3v) is 1.42. The molecule has 0 aromatic carbocycles. The summed E-state index contributed by atoms with van der Waals surface area (Å²) < 4.78 is 5.03. The van der Waals surface area contributed by atoms with Crippen molar-refractivity contribution in [3.63, 3.8) is 0 Å². The largest absolute Gasteiger partial charge is 0.480 e. The van der Waals surface area contributed by atoms with Crippen molar-refractivity contribution in [3.8, 4) is 11.8 Å². The van der Waals surface area contributed by atoms with Crippen LogP contribution in [0.1, 0.15) is 33.1 Å². The summed E-state index contributed by atoms with van der Waals surface area (Å²) in [7, 11) is 0. The van der Waals surface area contributed by atoms with Gasteiger partial charge in [0.15, 0.2) is 0 Å². The molecular weight excluding hydrogens is 168 g/mol. The highest BCUT2D eigenvalue weighted by Crippen LogP contribution is 1.96. The highest BCUT2D eigenvalue weighted by Gasteiger charge is 2.04. The molecule has 74 valence electrons. The third-order valence-electron chi connectivity index (χ3n) is 1.42. The maximum Gasteiger partial charge on any atom is 0.329 e. The van der Waals surface area contributed by atoms with Crippen LogP contribution in [0.3, 0.4) is 0 Å². The Morgan fingerprint density at radius 2 is 2.23 bits per heavy atom. The first-order valence-electron chi connectivity index (χ1n) is 4.52. The summed E-state index contributed by atoms with van der Waals surface area (Å²) in [5, 5.41) is 8.36. The predicted molar refractivity (Wildman–Crippen MR) is 50.4 cm³/mol. The molecule has 0 rings (SSSR count). The first kappa shape index (κ1) is 12.0. The smallest absolute Gasteiger partial charge is 0.329 e. The summed E-state index contributed by atoms with van der Waals surface area (Å²) in [6, 6.07) is 0. The molecule has 13 heavy (non-hydrogen) atoms. The molecule has 1 atom stereocenters. The van der Waals surface area contributed by atoms with Gasteiger partial charge < -0.3 is 9.84 Å². The SMILES string of the molecule is CCCC#CC(CC)OCC(=O)O. The molecule has 0 radical (unpaired) electrons. The summed E-state index contributed by atoms with van der Waals surface area (Å²) >= 11 is 0. The van der Waals surface area contributed by atoms with Gasteiger partial charge in [-0.2, -0.15) is 0 Å². The molecule has 0 spiro atoms. The zero-order valence-electron chi connectivity index (χ0n) is 8.17. The molecule has 3 nitrogen and oxygen atoms in total. The Labute approximate surface area is 79.1 Å². The van der Waals surface area contributed by atoms with Crippen molar-refractivity contribution >= 4 is 5.97 Å². The minimum atomic E-state index is -0.948. The summed E-state index contributed by atoms with van der Waals surface area (Å²) in [5.41, 5.74) is 0. The quantitative estimate of drug-likeness (QED) is 0.661. The van der Waals surface area contributed by atoms with Crippen LogP contribution in [0.15, 0.2) is 0 Å². The van der Waals surface area contributed by atoms with Crippen LogP contribution < -0.4 is 0 Å². The Morgan fingerprint density at radius 3 is 2.69 bits per heavy atom. The third kappa shape index (κ3) is 7.35. The van der Waals surface area contributed by atoms with E-state index in [0.717, 1.165) is 19.3 Å². The Bertz CT molecular complexity index is 200. The van der Waals surface area contributed by atoms with Gasteiger partial charge in [0.05, 0.1) is 0 Å². The van der Waals surface area contributed by atoms with Crippen molar-refractivity contribution in [2.24, 2.45) is 0 Å². The predicted octanol–water partition coefficient (Wildman–Crippen LogP) is 1.67. The molecule has 0 fully saturated rings. The molecule has 1 unspecified atom stereocenters. The van der Waals surface area contributed by atoms with E-state index in [2.05, 4.69) is 11.8 Å². The number of aliphatic carboxylic acids is 1. The van der Waals surface area contributed by atoms with E-state index in [4.69, 9.17) is 9.84 Å². The Balaban J connectivity index is 3.77. The number of carboxylic acids is 1. The summed E-state index contributed by atoms with van der Waals surface area (Å²) in [4.78, 5) is 10.2. The number of hydrogen-bond acceptors (Lipinski definition) is 2. The van der Waals surface area contributed by atoms with E-state index in [9.17, 15) is 4.79 Å². The number of carboxylic acid groups (broad SMARTS) is 1. The van der Waals surface area contributed by atoms with Gasteiger partial charge in [-0.05, 0) is 12.8 Å². The lowest BCUT2D eigenvalue weighted by atomic mass is 10.2. The Kier molecular flexibility index (Phi) is 7.04. The van der Waals surface area contributed by atoms with Gasteiger partial charge in [-0.1, -0.05) is 19.8 Å². The van der Waals surface area contributed by atoms with Gasteiger partial charge in [-0.3, -0.25) is 0 Å². The average molecular weight is 184 g/mol. The molecule has 0 amide bonds. The monoisotopic (exact) mass is 184 g/mol. The molecule has 0 bridgehead atoms. The van der Waals surface area contributed by atoms with Gasteiger partial charge in [-0.15, -0.1) is 5.92 Å². The van der Waals surface area contributed by atoms with E-state index in [1.165, 1.54) is 0 Å². The maximum atomic E-state index is 10.2. The normalized spacial score (nSPS) is 11.5. The first-order valence-corrected chi connectivity index (χ1v) is 4.52. The van der Waals surface area contributed by atoms with E-state index < -0.39 is 5.97 Å². The number of unbranched alkanes of at least 4 members (excludes halogenated alkanes) is 1. The highest BCUT2D eigenvalue weighted by atomic mass is 16.5. The van der Waals surface area contributed by atoms with Crippen molar-refractivity contribution < 1.29 is 14.6 Å². The van der Waals surface area contributed by atoms with E-state index in [1.807, 2.05) is 13.8 Å². The van der Waals surface area contributed by atoms with Crippen molar-refractivity contribution in [1.29, 1.82) is 0 Å². The van der Waals surface area contributed by atoms with E-state index in [0.29, 0.717) is 0 Å². The highest BCUT2D eigenvalue weighted by molar-refractivity contribution is 5.68. The second-order valence-electron chi connectivity index (χ2n) is 2.67. The summed E-state index contributed by atoms with van der Waals surface area (Å²) in [6.45, 7) is 3.71. The zero-order chi connectivity index (χ0) is 10.1. The van der Waals surface area contributed by atoms with Gasteiger partial charge in [0.25, 0.3) is 0 Å². The Hall–Kier alpha value is -1.01. The van der Waals surface area contributed by atoms with Crippen LogP contribution in [0.4, 0.5) is 0 Å². The van der Waals surface area contributed by atoms with Gasteiger partial charge in [0.2, 0.25) is 0 Å². The lowest BCUT2D eigenvalue weighted by molar-refractivity contribution is -0.143. The van der Waals surface area contributed by atoms with E-state index in [-0.39, 0.29) is 12.7 Å². The molecule has 0 aliphatic carbocycles. The second-order valence-corrected chi connectivity index (χ2v) is 2.67. The standard InChI is InChI=1S/C10H16O3/c1-3-5-6-7-9(4-2)13-8-10(11)12/h9H,3-5,8H2,1-2H3,(H,11,12). The van der Waals surface area contributed by atoms with Gasteiger partial charge in [0, 0.05) is 6.42 Å². The minimum absolute atomic E-state index is 0.234. The molecule has 0 aromatic heterocycles. The molecular formula is C10H16O3. The summed E-state index contributed by atoms with van der Waals surface area (Å²) in [6.07, 6.45) is 2.35. The topological polar surface area (TPSA) is 46.5 Å². The van der Waals surface area contributed by atoms with Crippen molar-refractivity contribution in [1.82, 2.24) is 0 Å². The lowest BCUT2D eigenvalue weighted by Crippen LogP contribution is -2.15. The van der Waals surface area contributed by atoms with Gasteiger partial charge in [-0.25, -0.2) is 4.79 Å². The zero-order valence-corrected chi connectivity index (χ0v) is 8.17. The van der Waals surface area contributed by atoms with Crippen LogP contribution >= 0.6 is 0 Å². The Morgan fingerprint density at radius 1 is 1.54 bits per heavy atom.